The lowest BCUT2D eigenvalue weighted by Gasteiger charge is -2.32. The van der Waals surface area contributed by atoms with Crippen LogP contribution in [0.2, 0.25) is 0 Å². The number of hydrogen-bond acceptors (Lipinski definition) is 7. The van der Waals surface area contributed by atoms with Gasteiger partial charge >= 0.3 is 0 Å². The van der Waals surface area contributed by atoms with Crippen LogP contribution in [0.15, 0.2) is 4.42 Å². The van der Waals surface area contributed by atoms with Crippen molar-refractivity contribution in [3.63, 3.8) is 0 Å². The van der Waals surface area contributed by atoms with Crippen LogP contribution < -0.4 is 0 Å². The second-order valence-electron chi connectivity index (χ2n) is 5.87. The van der Waals surface area contributed by atoms with Crippen molar-refractivity contribution in [3.05, 3.63) is 11.8 Å². The molecular weight excluding hydrogens is 322 g/mol. The molecule has 8 nitrogen and oxygen atoms in total. The summed E-state index contributed by atoms with van der Waals surface area (Å²) in [4.78, 5) is 0. The van der Waals surface area contributed by atoms with Gasteiger partial charge in [-0.2, -0.15) is 4.31 Å². The normalized spacial score (nSPS) is 27.2. The molecule has 3 rings (SSSR count). The Hall–Kier alpha value is -1.03. The van der Waals surface area contributed by atoms with Gasteiger partial charge in [-0.25, -0.2) is 8.42 Å². The van der Waals surface area contributed by atoms with Crippen LogP contribution in [0.1, 0.15) is 44.1 Å². The summed E-state index contributed by atoms with van der Waals surface area (Å²) in [7, 11) is -3.38. The Morgan fingerprint density at radius 3 is 2.78 bits per heavy atom. The number of ether oxygens (including phenoxy) is 2. The molecule has 23 heavy (non-hydrogen) atoms. The van der Waals surface area contributed by atoms with Crippen molar-refractivity contribution in [2.45, 2.75) is 44.8 Å². The Morgan fingerprint density at radius 2 is 2.09 bits per heavy atom. The molecule has 0 bridgehead atoms. The third-order valence-corrected chi connectivity index (χ3v) is 6.06. The number of rotatable bonds is 5. The summed E-state index contributed by atoms with van der Waals surface area (Å²) in [5.41, 5.74) is 0. The van der Waals surface area contributed by atoms with E-state index < -0.39 is 16.1 Å². The van der Waals surface area contributed by atoms with E-state index in [0.717, 1.165) is 19.3 Å². The van der Waals surface area contributed by atoms with Crippen molar-refractivity contribution in [1.29, 1.82) is 0 Å². The lowest BCUT2D eigenvalue weighted by atomic mass is 10.1. The Morgan fingerprint density at radius 1 is 1.22 bits per heavy atom. The lowest BCUT2D eigenvalue weighted by Crippen LogP contribution is -2.45. The van der Waals surface area contributed by atoms with E-state index in [4.69, 9.17) is 13.9 Å². The molecule has 0 amide bonds. The zero-order chi connectivity index (χ0) is 16.3. The van der Waals surface area contributed by atoms with Gasteiger partial charge in [0.2, 0.25) is 21.8 Å². The minimum Gasteiger partial charge on any atom is -0.422 e. The highest BCUT2D eigenvalue weighted by atomic mass is 32.2. The Bertz CT molecular complexity index is 612. The molecule has 2 aliphatic heterocycles. The van der Waals surface area contributed by atoms with Crippen LogP contribution in [0.25, 0.3) is 0 Å². The minimum absolute atomic E-state index is 0.0315. The smallest absolute Gasteiger partial charge is 0.246 e. The molecule has 3 heterocycles. The van der Waals surface area contributed by atoms with E-state index in [9.17, 15) is 8.42 Å². The van der Waals surface area contributed by atoms with Gasteiger partial charge in [0.05, 0.1) is 18.5 Å². The van der Waals surface area contributed by atoms with Crippen LogP contribution in [0, 0.1) is 0 Å². The third-order valence-electron chi connectivity index (χ3n) is 4.15. The molecule has 1 aromatic rings. The van der Waals surface area contributed by atoms with E-state index in [0.29, 0.717) is 38.0 Å². The molecule has 130 valence electrons. The first kappa shape index (κ1) is 16.8. The predicted octanol–water partition coefficient (Wildman–Crippen LogP) is 0.904. The molecule has 2 atom stereocenters. The summed E-state index contributed by atoms with van der Waals surface area (Å²) < 4.78 is 43.3. The van der Waals surface area contributed by atoms with Gasteiger partial charge in [0.15, 0.2) is 0 Å². The zero-order valence-corrected chi connectivity index (χ0v) is 14.1. The van der Waals surface area contributed by atoms with E-state index >= 15 is 0 Å². The molecule has 0 radical (unpaired) electrons. The molecule has 2 fully saturated rings. The molecule has 2 saturated heterocycles. The van der Waals surface area contributed by atoms with Gasteiger partial charge in [0.1, 0.15) is 6.10 Å². The van der Waals surface area contributed by atoms with Gasteiger partial charge in [0, 0.05) is 26.1 Å². The van der Waals surface area contributed by atoms with Crippen molar-refractivity contribution >= 4 is 10.0 Å². The van der Waals surface area contributed by atoms with Crippen molar-refractivity contribution in [3.8, 4) is 0 Å². The van der Waals surface area contributed by atoms with Crippen molar-refractivity contribution in [1.82, 2.24) is 14.5 Å². The maximum atomic E-state index is 12.6. The number of sulfonamides is 1. The maximum absolute atomic E-state index is 12.6. The van der Waals surface area contributed by atoms with Crippen LogP contribution in [-0.4, -0.2) is 61.1 Å². The highest BCUT2D eigenvalue weighted by molar-refractivity contribution is 7.89. The standard InChI is InChI=1S/C14H23N3O5S/c1-2-13-15-16-14(22-13)12-9-17(6-8-21-12)23(18,19)10-11-5-3-4-7-20-11/h11-12H,2-10H2,1H3/t11-,12+/m1/s1. The fourth-order valence-electron chi connectivity index (χ4n) is 2.85. The Balaban J connectivity index is 1.64. The average molecular weight is 345 g/mol. The Labute approximate surface area is 136 Å². The van der Waals surface area contributed by atoms with E-state index in [1.807, 2.05) is 6.92 Å². The van der Waals surface area contributed by atoms with E-state index in [2.05, 4.69) is 10.2 Å². The van der Waals surface area contributed by atoms with Gasteiger partial charge in [-0.1, -0.05) is 6.92 Å². The fourth-order valence-corrected chi connectivity index (χ4v) is 4.51. The molecule has 0 unspecified atom stereocenters. The van der Waals surface area contributed by atoms with Gasteiger partial charge in [-0.15, -0.1) is 10.2 Å². The van der Waals surface area contributed by atoms with Gasteiger partial charge in [-0.05, 0) is 19.3 Å². The average Bonchev–Trinajstić information content (AvgIpc) is 3.05. The third kappa shape index (κ3) is 4.09. The van der Waals surface area contributed by atoms with Crippen LogP contribution in [0.5, 0.6) is 0 Å². The summed E-state index contributed by atoms with van der Waals surface area (Å²) >= 11 is 0. The number of hydrogen-bond donors (Lipinski definition) is 0. The SMILES string of the molecule is CCc1nnc([C@@H]2CN(S(=O)(=O)C[C@H]3CCCCO3)CCO2)o1. The van der Waals surface area contributed by atoms with Crippen LogP contribution >= 0.6 is 0 Å². The van der Waals surface area contributed by atoms with Crippen LogP contribution in [-0.2, 0) is 25.9 Å². The van der Waals surface area contributed by atoms with Gasteiger partial charge in [0.25, 0.3) is 0 Å². The molecule has 9 heteroatoms. The predicted molar refractivity (Wildman–Crippen MR) is 81.3 cm³/mol. The molecule has 0 aliphatic carbocycles. The molecule has 0 aromatic carbocycles. The first-order chi connectivity index (χ1) is 11.1. The first-order valence-corrected chi connectivity index (χ1v) is 9.72. The lowest BCUT2D eigenvalue weighted by molar-refractivity contribution is -0.0188. The van der Waals surface area contributed by atoms with Crippen LogP contribution in [0.4, 0.5) is 0 Å². The monoisotopic (exact) mass is 345 g/mol. The van der Waals surface area contributed by atoms with E-state index in [-0.39, 0.29) is 18.4 Å². The Kier molecular flexibility index (Phi) is 5.30. The summed E-state index contributed by atoms with van der Waals surface area (Å²) in [6.45, 7) is 3.44. The highest BCUT2D eigenvalue weighted by Crippen LogP contribution is 2.24. The van der Waals surface area contributed by atoms with Gasteiger partial charge < -0.3 is 13.9 Å². The first-order valence-electron chi connectivity index (χ1n) is 8.12. The van der Waals surface area contributed by atoms with Crippen molar-refractivity contribution < 1.29 is 22.3 Å². The summed E-state index contributed by atoms with van der Waals surface area (Å²) in [6, 6.07) is 0. The number of morpholine rings is 1. The quantitative estimate of drug-likeness (QED) is 0.782. The number of nitrogens with zero attached hydrogens (tertiary/aromatic N) is 3. The number of aryl methyl sites for hydroxylation is 1. The second-order valence-corrected chi connectivity index (χ2v) is 7.89. The van der Waals surface area contributed by atoms with E-state index in [1.54, 1.807) is 0 Å². The number of aromatic nitrogens is 2. The molecule has 2 aliphatic rings. The minimum atomic E-state index is -3.38. The highest BCUT2D eigenvalue weighted by Gasteiger charge is 2.34. The van der Waals surface area contributed by atoms with Crippen molar-refractivity contribution in [2.75, 3.05) is 32.1 Å². The fraction of sp³-hybridized carbons (Fsp3) is 0.857. The van der Waals surface area contributed by atoms with Crippen molar-refractivity contribution in [2.24, 2.45) is 0 Å². The largest absolute Gasteiger partial charge is 0.422 e. The molecule has 0 saturated carbocycles. The zero-order valence-electron chi connectivity index (χ0n) is 13.3. The van der Waals surface area contributed by atoms with E-state index in [1.165, 1.54) is 4.31 Å². The van der Waals surface area contributed by atoms with Crippen LogP contribution in [0.3, 0.4) is 0 Å². The molecule has 0 spiro atoms. The molecule has 1 aromatic heterocycles. The summed E-state index contributed by atoms with van der Waals surface area (Å²) in [5.74, 6) is 0.902. The second kappa shape index (κ2) is 7.25. The topological polar surface area (TPSA) is 94.8 Å². The molecular formula is C14H23N3O5S. The summed E-state index contributed by atoms with van der Waals surface area (Å²) in [6.07, 6.45) is 2.77. The molecule has 0 N–H and O–H groups in total. The summed E-state index contributed by atoms with van der Waals surface area (Å²) in [5, 5.41) is 7.86. The maximum Gasteiger partial charge on any atom is 0.246 e. The van der Waals surface area contributed by atoms with Gasteiger partial charge in [-0.3, -0.25) is 0 Å².